The van der Waals surface area contributed by atoms with Gasteiger partial charge in [-0.05, 0) is 38.4 Å². The fourth-order valence-electron chi connectivity index (χ4n) is 1.45. The maximum absolute atomic E-state index is 11.6. The number of aliphatic carboxylic acids is 1. The summed E-state index contributed by atoms with van der Waals surface area (Å²) in [6.45, 7) is -0.166. The van der Waals surface area contributed by atoms with Crippen LogP contribution in [0, 0.1) is 0 Å². The van der Waals surface area contributed by atoms with E-state index in [4.69, 9.17) is 5.11 Å². The van der Waals surface area contributed by atoms with E-state index in [9.17, 15) is 14.4 Å². The number of carboxylic acids is 1. The second kappa shape index (κ2) is 7.25. The summed E-state index contributed by atoms with van der Waals surface area (Å²) in [5.41, 5.74) is 0.906. The highest BCUT2D eigenvalue weighted by Gasteiger charge is 2.08. The number of hydrogen-bond donors (Lipinski definition) is 3. The van der Waals surface area contributed by atoms with Gasteiger partial charge >= 0.3 is 5.97 Å². The number of carbonyl (C=O) groups excluding carboxylic acids is 2. The number of likely N-dealkylation sites (N-methyl/N-ethyl adjacent to an activating group) is 1. The average Bonchev–Trinajstić information content (AvgIpc) is 2.35. The lowest BCUT2D eigenvalue weighted by atomic mass is 10.2. The van der Waals surface area contributed by atoms with Crippen molar-refractivity contribution >= 4 is 23.5 Å². The van der Waals surface area contributed by atoms with Crippen molar-refractivity contribution in [2.24, 2.45) is 0 Å². The van der Waals surface area contributed by atoms with Crippen LogP contribution in [0.3, 0.4) is 0 Å². The standard InChI is InChI=1S/C13H17N3O4/c1-16(2)8-11(17)15-10-5-3-9(4-6-10)13(20)14-7-12(18)19/h3-6H,7-8H2,1-2H3,(H,14,20)(H,15,17)(H,18,19). The van der Waals surface area contributed by atoms with Crippen LogP contribution in [0.4, 0.5) is 5.69 Å². The molecule has 7 heteroatoms. The maximum Gasteiger partial charge on any atom is 0.322 e. The summed E-state index contributed by atoms with van der Waals surface area (Å²) < 4.78 is 0. The van der Waals surface area contributed by atoms with Crippen LogP contribution in [-0.2, 0) is 9.59 Å². The van der Waals surface area contributed by atoms with Gasteiger partial charge in [0.15, 0.2) is 0 Å². The number of nitrogens with one attached hydrogen (secondary N) is 2. The van der Waals surface area contributed by atoms with E-state index in [0.717, 1.165) is 0 Å². The first-order valence-corrected chi connectivity index (χ1v) is 5.93. The summed E-state index contributed by atoms with van der Waals surface area (Å²) >= 11 is 0. The van der Waals surface area contributed by atoms with E-state index < -0.39 is 18.4 Å². The average molecular weight is 279 g/mol. The number of amides is 2. The largest absolute Gasteiger partial charge is 0.480 e. The third-order valence-electron chi connectivity index (χ3n) is 2.29. The molecule has 0 aromatic heterocycles. The molecule has 0 bridgehead atoms. The van der Waals surface area contributed by atoms with Crippen LogP contribution in [0.15, 0.2) is 24.3 Å². The lowest BCUT2D eigenvalue weighted by Crippen LogP contribution is -2.29. The van der Waals surface area contributed by atoms with Gasteiger partial charge in [-0.25, -0.2) is 0 Å². The molecule has 0 saturated carbocycles. The van der Waals surface area contributed by atoms with E-state index in [0.29, 0.717) is 11.3 Å². The predicted molar refractivity (Wildman–Crippen MR) is 73.6 cm³/mol. The zero-order valence-electron chi connectivity index (χ0n) is 11.3. The van der Waals surface area contributed by atoms with Crippen molar-refractivity contribution in [1.29, 1.82) is 0 Å². The van der Waals surface area contributed by atoms with Crippen LogP contribution in [0.2, 0.25) is 0 Å². The number of rotatable bonds is 6. The smallest absolute Gasteiger partial charge is 0.322 e. The van der Waals surface area contributed by atoms with Gasteiger partial charge in [0, 0.05) is 11.3 Å². The Morgan fingerprint density at radius 1 is 1.15 bits per heavy atom. The van der Waals surface area contributed by atoms with E-state index in [1.165, 1.54) is 12.1 Å². The molecule has 0 saturated heterocycles. The van der Waals surface area contributed by atoms with Crippen molar-refractivity contribution in [3.8, 4) is 0 Å². The molecule has 0 unspecified atom stereocenters. The third-order valence-corrected chi connectivity index (χ3v) is 2.29. The molecule has 0 atom stereocenters. The van der Waals surface area contributed by atoms with Gasteiger partial charge in [0.25, 0.3) is 5.91 Å². The fraction of sp³-hybridized carbons (Fsp3) is 0.308. The van der Waals surface area contributed by atoms with E-state index in [1.54, 1.807) is 31.1 Å². The van der Waals surface area contributed by atoms with E-state index in [-0.39, 0.29) is 12.5 Å². The molecule has 0 aliphatic carbocycles. The topological polar surface area (TPSA) is 98.7 Å². The summed E-state index contributed by atoms with van der Waals surface area (Å²) in [7, 11) is 3.57. The van der Waals surface area contributed by atoms with Gasteiger partial charge < -0.3 is 20.6 Å². The normalized spacial score (nSPS) is 10.2. The Morgan fingerprint density at radius 2 is 1.75 bits per heavy atom. The molecule has 1 aromatic rings. The molecule has 0 aliphatic heterocycles. The first-order valence-electron chi connectivity index (χ1n) is 5.93. The highest BCUT2D eigenvalue weighted by atomic mass is 16.4. The van der Waals surface area contributed by atoms with E-state index >= 15 is 0 Å². The minimum Gasteiger partial charge on any atom is -0.480 e. The predicted octanol–water partition coefficient (Wildman–Crippen LogP) is 0.00110. The Bertz CT molecular complexity index is 497. The quantitative estimate of drug-likeness (QED) is 0.681. The first-order chi connectivity index (χ1) is 9.38. The van der Waals surface area contributed by atoms with Gasteiger partial charge in [-0.1, -0.05) is 0 Å². The molecule has 0 spiro atoms. The number of carbonyl (C=O) groups is 3. The van der Waals surface area contributed by atoms with Crippen molar-refractivity contribution in [3.05, 3.63) is 29.8 Å². The zero-order chi connectivity index (χ0) is 15.1. The first kappa shape index (κ1) is 15.6. The van der Waals surface area contributed by atoms with Crippen molar-refractivity contribution < 1.29 is 19.5 Å². The maximum atomic E-state index is 11.6. The monoisotopic (exact) mass is 279 g/mol. The molecule has 0 radical (unpaired) electrons. The summed E-state index contributed by atoms with van der Waals surface area (Å²) in [5, 5.41) is 13.4. The van der Waals surface area contributed by atoms with Gasteiger partial charge in [-0.3, -0.25) is 14.4 Å². The molecule has 3 N–H and O–H groups in total. The minimum atomic E-state index is -1.11. The Balaban J connectivity index is 2.57. The van der Waals surface area contributed by atoms with Crippen LogP contribution >= 0.6 is 0 Å². The Hall–Kier alpha value is -2.41. The Morgan fingerprint density at radius 3 is 2.25 bits per heavy atom. The lowest BCUT2D eigenvalue weighted by Gasteiger charge is -2.10. The summed E-state index contributed by atoms with van der Waals surface area (Å²) in [6.07, 6.45) is 0. The zero-order valence-corrected chi connectivity index (χ0v) is 11.3. The Labute approximate surface area is 116 Å². The highest BCUT2D eigenvalue weighted by Crippen LogP contribution is 2.09. The highest BCUT2D eigenvalue weighted by molar-refractivity contribution is 5.97. The van der Waals surface area contributed by atoms with Gasteiger partial charge in [0.05, 0.1) is 6.54 Å². The molecule has 20 heavy (non-hydrogen) atoms. The van der Waals surface area contributed by atoms with Crippen molar-refractivity contribution in [2.45, 2.75) is 0 Å². The number of benzene rings is 1. The van der Waals surface area contributed by atoms with Crippen LogP contribution in [0.1, 0.15) is 10.4 Å². The van der Waals surface area contributed by atoms with Gasteiger partial charge in [-0.2, -0.15) is 0 Å². The van der Waals surface area contributed by atoms with E-state index in [2.05, 4.69) is 10.6 Å². The van der Waals surface area contributed by atoms with Crippen LogP contribution < -0.4 is 10.6 Å². The summed E-state index contributed by atoms with van der Waals surface area (Å²) in [4.78, 5) is 35.2. The second-order valence-corrected chi connectivity index (χ2v) is 4.44. The van der Waals surface area contributed by atoms with Crippen molar-refractivity contribution in [2.75, 3.05) is 32.5 Å². The van der Waals surface area contributed by atoms with E-state index in [1.807, 2.05) is 0 Å². The molecule has 0 heterocycles. The minimum absolute atomic E-state index is 0.155. The van der Waals surface area contributed by atoms with Gasteiger partial charge in [-0.15, -0.1) is 0 Å². The molecule has 2 amide bonds. The molecular weight excluding hydrogens is 262 g/mol. The van der Waals surface area contributed by atoms with Gasteiger partial charge in [0.2, 0.25) is 5.91 Å². The summed E-state index contributed by atoms with van der Waals surface area (Å²) in [6, 6.07) is 6.21. The van der Waals surface area contributed by atoms with Crippen LogP contribution in [0.5, 0.6) is 0 Å². The Kier molecular flexibility index (Phi) is 5.67. The third kappa shape index (κ3) is 5.49. The number of hydrogen-bond acceptors (Lipinski definition) is 4. The number of carboxylic acid groups (broad SMARTS) is 1. The molecule has 0 fully saturated rings. The SMILES string of the molecule is CN(C)CC(=O)Nc1ccc(C(=O)NCC(=O)O)cc1. The van der Waals surface area contributed by atoms with Crippen LogP contribution in [0.25, 0.3) is 0 Å². The molecule has 1 rings (SSSR count). The molecular formula is C13H17N3O4. The molecule has 1 aromatic carbocycles. The molecule has 7 nitrogen and oxygen atoms in total. The number of anilines is 1. The van der Waals surface area contributed by atoms with Crippen molar-refractivity contribution in [3.63, 3.8) is 0 Å². The van der Waals surface area contributed by atoms with Crippen LogP contribution in [-0.4, -0.2) is 55.0 Å². The summed E-state index contributed by atoms with van der Waals surface area (Å²) in [5.74, 6) is -1.73. The van der Waals surface area contributed by atoms with Gasteiger partial charge in [0.1, 0.15) is 6.54 Å². The fourth-order valence-corrected chi connectivity index (χ4v) is 1.45. The lowest BCUT2D eigenvalue weighted by molar-refractivity contribution is -0.135. The van der Waals surface area contributed by atoms with Crippen molar-refractivity contribution in [1.82, 2.24) is 10.2 Å². The molecule has 0 aliphatic rings. The number of nitrogens with zero attached hydrogens (tertiary/aromatic N) is 1. The molecule has 108 valence electrons. The second-order valence-electron chi connectivity index (χ2n) is 4.44.